The van der Waals surface area contributed by atoms with Gasteiger partial charge in [0.25, 0.3) is 5.91 Å². The lowest BCUT2D eigenvalue weighted by Gasteiger charge is -2.32. The van der Waals surface area contributed by atoms with Gasteiger partial charge in [0, 0.05) is 19.2 Å². The second-order valence-electron chi connectivity index (χ2n) is 7.52. The number of rotatable bonds is 6. The van der Waals surface area contributed by atoms with Crippen LogP contribution in [0.2, 0.25) is 0 Å². The first-order chi connectivity index (χ1) is 15.0. The quantitative estimate of drug-likeness (QED) is 0.657. The summed E-state index contributed by atoms with van der Waals surface area (Å²) in [6.07, 6.45) is 0.887. The van der Waals surface area contributed by atoms with Gasteiger partial charge in [-0.3, -0.25) is 14.5 Å². The van der Waals surface area contributed by atoms with E-state index >= 15 is 0 Å². The molecule has 0 spiro atoms. The van der Waals surface area contributed by atoms with E-state index in [1.807, 2.05) is 12.1 Å². The van der Waals surface area contributed by atoms with Gasteiger partial charge in [-0.05, 0) is 41.8 Å². The maximum absolute atomic E-state index is 13.3. The highest BCUT2D eigenvalue weighted by Crippen LogP contribution is 2.38. The molecule has 2 aromatic carbocycles. The van der Waals surface area contributed by atoms with Crippen LogP contribution in [0.15, 0.2) is 30.3 Å². The zero-order valence-corrected chi connectivity index (χ0v) is 18.1. The molecule has 4 rings (SSSR count). The molecule has 0 radical (unpaired) electrons. The summed E-state index contributed by atoms with van der Waals surface area (Å²) >= 11 is 0. The van der Waals surface area contributed by atoms with Crippen LogP contribution in [0, 0.1) is 0 Å². The van der Waals surface area contributed by atoms with Crippen molar-refractivity contribution < 1.29 is 28.5 Å². The second kappa shape index (κ2) is 8.47. The lowest BCUT2D eigenvalue weighted by Crippen LogP contribution is -2.44. The molecule has 2 aliphatic heterocycles. The Morgan fingerprint density at radius 1 is 0.839 bits per heavy atom. The van der Waals surface area contributed by atoms with Crippen molar-refractivity contribution in [3.8, 4) is 23.0 Å². The number of carbonyl (C=O) groups excluding carboxylic acids is 2. The highest BCUT2D eigenvalue weighted by molar-refractivity contribution is 6.23. The maximum atomic E-state index is 13.3. The Morgan fingerprint density at radius 3 is 2.16 bits per heavy atom. The minimum Gasteiger partial charge on any atom is -0.497 e. The molecule has 8 heteroatoms. The molecule has 2 heterocycles. The van der Waals surface area contributed by atoms with Gasteiger partial charge in [-0.25, -0.2) is 4.90 Å². The van der Waals surface area contributed by atoms with Crippen LogP contribution in [0.4, 0.5) is 5.69 Å². The molecule has 0 aromatic heterocycles. The van der Waals surface area contributed by atoms with Crippen LogP contribution >= 0.6 is 0 Å². The van der Waals surface area contributed by atoms with Crippen molar-refractivity contribution in [1.82, 2.24) is 4.90 Å². The van der Waals surface area contributed by atoms with Gasteiger partial charge in [0.15, 0.2) is 11.5 Å². The summed E-state index contributed by atoms with van der Waals surface area (Å²) in [6, 6.07) is 8.49. The fourth-order valence-electron chi connectivity index (χ4n) is 4.30. The van der Waals surface area contributed by atoms with E-state index in [-0.39, 0.29) is 18.2 Å². The summed E-state index contributed by atoms with van der Waals surface area (Å²) in [4.78, 5) is 29.5. The molecule has 1 saturated heterocycles. The summed E-state index contributed by atoms with van der Waals surface area (Å²) in [7, 11) is 6.26. The van der Waals surface area contributed by atoms with Gasteiger partial charge in [0.05, 0.1) is 46.6 Å². The minimum absolute atomic E-state index is 0.127. The number of imide groups is 1. The lowest BCUT2D eigenvalue weighted by atomic mass is 9.97. The molecular formula is C23H26N2O6. The van der Waals surface area contributed by atoms with Gasteiger partial charge in [-0.2, -0.15) is 0 Å². The van der Waals surface area contributed by atoms with E-state index in [9.17, 15) is 9.59 Å². The monoisotopic (exact) mass is 426 g/mol. The normalized spacial score (nSPS) is 18.7. The van der Waals surface area contributed by atoms with E-state index in [1.54, 1.807) is 32.4 Å². The van der Waals surface area contributed by atoms with Gasteiger partial charge in [-0.15, -0.1) is 0 Å². The minimum atomic E-state index is -0.523. The highest BCUT2D eigenvalue weighted by Gasteiger charge is 2.44. The van der Waals surface area contributed by atoms with Crippen LogP contribution in [0.3, 0.4) is 0 Å². The Bertz CT molecular complexity index is 1020. The molecule has 1 atom stereocenters. The van der Waals surface area contributed by atoms with Gasteiger partial charge >= 0.3 is 0 Å². The van der Waals surface area contributed by atoms with Crippen LogP contribution in [0.1, 0.15) is 17.5 Å². The number of nitrogens with zero attached hydrogens (tertiary/aromatic N) is 2. The Balaban J connectivity index is 1.61. The molecular weight excluding hydrogens is 400 g/mol. The third-order valence-corrected chi connectivity index (χ3v) is 5.94. The Hall–Kier alpha value is -3.26. The molecule has 1 fully saturated rings. The van der Waals surface area contributed by atoms with Crippen LogP contribution in [0.25, 0.3) is 0 Å². The van der Waals surface area contributed by atoms with Gasteiger partial charge in [0.2, 0.25) is 5.91 Å². The molecule has 0 N–H and O–H groups in total. The lowest BCUT2D eigenvalue weighted by molar-refractivity contribution is -0.123. The average molecular weight is 426 g/mol. The Kier molecular flexibility index (Phi) is 5.73. The Labute approximate surface area is 181 Å². The van der Waals surface area contributed by atoms with Crippen molar-refractivity contribution in [1.29, 1.82) is 0 Å². The van der Waals surface area contributed by atoms with Crippen molar-refractivity contribution in [2.75, 3.05) is 39.9 Å². The molecule has 2 aliphatic rings. The zero-order valence-electron chi connectivity index (χ0n) is 18.1. The third-order valence-electron chi connectivity index (χ3n) is 5.94. The number of anilines is 1. The number of benzene rings is 2. The number of fused-ring (bicyclic) bond motifs is 1. The predicted octanol–water partition coefficient (Wildman–Crippen LogP) is 2.41. The van der Waals surface area contributed by atoms with E-state index in [4.69, 9.17) is 18.9 Å². The summed E-state index contributed by atoms with van der Waals surface area (Å²) in [5.41, 5.74) is 2.64. The van der Waals surface area contributed by atoms with Crippen LogP contribution < -0.4 is 23.8 Å². The number of hydrogen-bond acceptors (Lipinski definition) is 7. The van der Waals surface area contributed by atoms with E-state index in [1.165, 1.54) is 19.1 Å². The predicted molar refractivity (Wildman–Crippen MR) is 114 cm³/mol. The summed E-state index contributed by atoms with van der Waals surface area (Å²) < 4.78 is 21.5. The molecule has 0 bridgehead atoms. The smallest absolute Gasteiger partial charge is 0.251 e. The van der Waals surface area contributed by atoms with Crippen molar-refractivity contribution in [3.63, 3.8) is 0 Å². The number of amides is 2. The van der Waals surface area contributed by atoms with Crippen molar-refractivity contribution >= 4 is 17.5 Å². The summed E-state index contributed by atoms with van der Waals surface area (Å²) in [5.74, 6) is 1.84. The van der Waals surface area contributed by atoms with Gasteiger partial charge < -0.3 is 18.9 Å². The standard InChI is InChI=1S/C23H26N2O6/c1-28-16-5-6-19(29-2)17(11-16)25-22(26)12-18(23(25)27)24-8-7-14-9-20(30-3)21(31-4)10-15(14)13-24/h5-6,9-11,18H,7-8,12-13H2,1-4H3. The topological polar surface area (TPSA) is 77.5 Å². The second-order valence-corrected chi connectivity index (χ2v) is 7.52. The van der Waals surface area contributed by atoms with Crippen LogP contribution in [-0.4, -0.2) is 57.7 Å². The molecule has 1 unspecified atom stereocenters. The van der Waals surface area contributed by atoms with Crippen molar-refractivity contribution in [3.05, 3.63) is 41.5 Å². The Morgan fingerprint density at radius 2 is 1.52 bits per heavy atom. The first kappa shape index (κ1) is 21.0. The molecule has 2 aromatic rings. The average Bonchev–Trinajstić information content (AvgIpc) is 3.10. The molecule has 2 amide bonds. The van der Waals surface area contributed by atoms with Crippen molar-refractivity contribution in [2.24, 2.45) is 0 Å². The number of ether oxygens (including phenoxy) is 4. The molecule has 31 heavy (non-hydrogen) atoms. The third kappa shape index (κ3) is 3.67. The maximum Gasteiger partial charge on any atom is 0.251 e. The number of methoxy groups -OCH3 is 4. The van der Waals surface area contributed by atoms with Gasteiger partial charge in [-0.1, -0.05) is 0 Å². The van der Waals surface area contributed by atoms with Gasteiger partial charge in [0.1, 0.15) is 11.5 Å². The largest absolute Gasteiger partial charge is 0.497 e. The zero-order chi connectivity index (χ0) is 22.1. The number of hydrogen-bond donors (Lipinski definition) is 0. The fourth-order valence-corrected chi connectivity index (χ4v) is 4.30. The molecule has 8 nitrogen and oxygen atoms in total. The van der Waals surface area contributed by atoms with E-state index in [0.29, 0.717) is 41.8 Å². The molecule has 0 saturated carbocycles. The highest BCUT2D eigenvalue weighted by atomic mass is 16.5. The van der Waals surface area contributed by atoms with Crippen molar-refractivity contribution in [2.45, 2.75) is 25.4 Å². The first-order valence-corrected chi connectivity index (χ1v) is 10.1. The van der Waals surface area contributed by atoms with Crippen LogP contribution in [0.5, 0.6) is 23.0 Å². The van der Waals surface area contributed by atoms with E-state index < -0.39 is 6.04 Å². The van der Waals surface area contributed by atoms with E-state index in [2.05, 4.69) is 4.90 Å². The van der Waals surface area contributed by atoms with Crippen LogP contribution in [-0.2, 0) is 22.6 Å². The number of carbonyl (C=O) groups is 2. The fraction of sp³-hybridized carbons (Fsp3) is 0.391. The molecule has 0 aliphatic carbocycles. The molecule has 164 valence electrons. The SMILES string of the molecule is COc1ccc(OC)c(N2C(=O)CC(N3CCc4cc(OC)c(OC)cc4C3)C2=O)c1. The summed E-state index contributed by atoms with van der Waals surface area (Å²) in [5, 5.41) is 0. The first-order valence-electron chi connectivity index (χ1n) is 10.1. The van der Waals surface area contributed by atoms with E-state index in [0.717, 1.165) is 17.5 Å². The summed E-state index contributed by atoms with van der Waals surface area (Å²) in [6.45, 7) is 1.23.